The van der Waals surface area contributed by atoms with Gasteiger partial charge in [0.2, 0.25) is 0 Å². The lowest BCUT2D eigenvalue weighted by Crippen LogP contribution is -2.01. The lowest BCUT2D eigenvalue weighted by molar-refractivity contribution is 0.968. The van der Waals surface area contributed by atoms with Crippen molar-refractivity contribution in [2.45, 2.75) is 24.0 Å². The second-order valence-electron chi connectivity index (χ2n) is 3.90. The fourth-order valence-corrected chi connectivity index (χ4v) is 4.20. The standard InChI is InChI=1S/C13H15BrN2S2/c1-9-12(5-6-15)18-13(16-9)8-17-11-4-2-3-10(14)7-11/h2-4,7H,5-6,8,15H2,1H3. The van der Waals surface area contributed by atoms with Crippen molar-refractivity contribution in [3.05, 3.63) is 44.3 Å². The first-order valence-electron chi connectivity index (χ1n) is 5.72. The van der Waals surface area contributed by atoms with Crippen LogP contribution in [-0.2, 0) is 12.2 Å². The molecular formula is C13H15BrN2S2. The highest BCUT2D eigenvalue weighted by molar-refractivity contribution is 9.10. The monoisotopic (exact) mass is 342 g/mol. The van der Waals surface area contributed by atoms with Crippen LogP contribution in [0, 0.1) is 6.92 Å². The smallest absolute Gasteiger partial charge is 0.103 e. The predicted molar refractivity (Wildman–Crippen MR) is 83.3 cm³/mol. The molecule has 1 aromatic carbocycles. The molecule has 0 aliphatic rings. The van der Waals surface area contributed by atoms with Gasteiger partial charge in [0.15, 0.2) is 0 Å². The highest BCUT2D eigenvalue weighted by atomic mass is 79.9. The Morgan fingerprint density at radius 1 is 1.44 bits per heavy atom. The van der Waals surface area contributed by atoms with Gasteiger partial charge in [-0.15, -0.1) is 23.1 Å². The number of thiazole rings is 1. The number of nitrogens with two attached hydrogens (primary N) is 1. The Morgan fingerprint density at radius 3 is 3.00 bits per heavy atom. The van der Waals surface area contributed by atoms with Crippen molar-refractivity contribution in [3.8, 4) is 0 Å². The van der Waals surface area contributed by atoms with E-state index in [-0.39, 0.29) is 0 Å². The van der Waals surface area contributed by atoms with Gasteiger partial charge in [-0.1, -0.05) is 22.0 Å². The van der Waals surface area contributed by atoms with E-state index in [1.165, 1.54) is 14.8 Å². The zero-order valence-electron chi connectivity index (χ0n) is 10.1. The summed E-state index contributed by atoms with van der Waals surface area (Å²) in [4.78, 5) is 7.18. The maximum Gasteiger partial charge on any atom is 0.103 e. The summed E-state index contributed by atoms with van der Waals surface area (Å²) < 4.78 is 1.12. The van der Waals surface area contributed by atoms with Crippen molar-refractivity contribution in [3.63, 3.8) is 0 Å². The van der Waals surface area contributed by atoms with E-state index in [4.69, 9.17) is 5.73 Å². The molecule has 0 atom stereocenters. The molecular weight excluding hydrogens is 328 g/mol. The maximum absolute atomic E-state index is 5.59. The van der Waals surface area contributed by atoms with Gasteiger partial charge in [0, 0.05) is 14.2 Å². The van der Waals surface area contributed by atoms with Gasteiger partial charge in [0.25, 0.3) is 0 Å². The molecule has 1 aromatic heterocycles. The highest BCUT2D eigenvalue weighted by Crippen LogP contribution is 2.28. The lowest BCUT2D eigenvalue weighted by Gasteiger charge is -1.99. The summed E-state index contributed by atoms with van der Waals surface area (Å²) in [7, 11) is 0. The Hall–Kier alpha value is -0.360. The normalized spacial score (nSPS) is 10.8. The summed E-state index contributed by atoms with van der Waals surface area (Å²) >= 11 is 7.08. The minimum absolute atomic E-state index is 0.696. The second-order valence-corrected chi connectivity index (χ2v) is 7.03. The molecule has 0 aliphatic carbocycles. The van der Waals surface area contributed by atoms with Gasteiger partial charge < -0.3 is 5.73 Å². The molecule has 0 spiro atoms. The van der Waals surface area contributed by atoms with Crippen molar-refractivity contribution in [1.29, 1.82) is 0 Å². The minimum Gasteiger partial charge on any atom is -0.330 e. The molecule has 0 radical (unpaired) electrons. The van der Waals surface area contributed by atoms with Crippen molar-refractivity contribution in [1.82, 2.24) is 4.98 Å². The summed E-state index contributed by atoms with van der Waals surface area (Å²) in [5.74, 6) is 0.923. The molecule has 0 saturated carbocycles. The molecule has 18 heavy (non-hydrogen) atoms. The van der Waals surface area contributed by atoms with Crippen LogP contribution in [0.1, 0.15) is 15.6 Å². The molecule has 0 unspecified atom stereocenters. The van der Waals surface area contributed by atoms with Crippen molar-refractivity contribution >= 4 is 39.0 Å². The summed E-state index contributed by atoms with van der Waals surface area (Å²) in [5, 5.41) is 1.18. The van der Waals surface area contributed by atoms with Crippen LogP contribution < -0.4 is 5.73 Å². The topological polar surface area (TPSA) is 38.9 Å². The molecule has 96 valence electrons. The van der Waals surface area contributed by atoms with E-state index in [0.717, 1.165) is 22.3 Å². The Kier molecular flexibility index (Phi) is 5.24. The van der Waals surface area contributed by atoms with Crippen LogP contribution in [-0.4, -0.2) is 11.5 Å². The summed E-state index contributed by atoms with van der Waals surface area (Å²) in [5.41, 5.74) is 6.72. The van der Waals surface area contributed by atoms with Gasteiger partial charge in [0.1, 0.15) is 5.01 Å². The number of benzene rings is 1. The number of hydrogen-bond donors (Lipinski definition) is 1. The van der Waals surface area contributed by atoms with E-state index in [1.807, 2.05) is 17.8 Å². The number of nitrogens with zero attached hydrogens (tertiary/aromatic N) is 1. The molecule has 1 heterocycles. The number of rotatable bonds is 5. The third-order valence-electron chi connectivity index (χ3n) is 2.47. The largest absolute Gasteiger partial charge is 0.330 e. The van der Waals surface area contributed by atoms with Crippen LogP contribution in [0.15, 0.2) is 33.6 Å². The average Bonchev–Trinajstić information content (AvgIpc) is 2.69. The fraction of sp³-hybridized carbons (Fsp3) is 0.308. The molecule has 5 heteroatoms. The number of aryl methyl sites for hydroxylation is 1. The van der Waals surface area contributed by atoms with Gasteiger partial charge in [-0.2, -0.15) is 0 Å². The number of hydrogen-bond acceptors (Lipinski definition) is 4. The number of halogens is 1. The van der Waals surface area contributed by atoms with E-state index in [9.17, 15) is 0 Å². The Bertz CT molecular complexity index is 525. The maximum atomic E-state index is 5.59. The Balaban J connectivity index is 2.00. The van der Waals surface area contributed by atoms with Gasteiger partial charge in [0.05, 0.1) is 11.4 Å². The third-order valence-corrected chi connectivity index (χ3v) is 5.36. The highest BCUT2D eigenvalue weighted by Gasteiger charge is 2.07. The zero-order valence-corrected chi connectivity index (χ0v) is 13.4. The Labute approximate surface area is 124 Å². The molecule has 2 rings (SSSR count). The first kappa shape index (κ1) is 14.1. The van der Waals surface area contributed by atoms with Crippen molar-refractivity contribution < 1.29 is 0 Å². The first-order valence-corrected chi connectivity index (χ1v) is 8.32. The molecule has 2 nitrogen and oxygen atoms in total. The van der Waals surface area contributed by atoms with E-state index in [0.29, 0.717) is 6.54 Å². The lowest BCUT2D eigenvalue weighted by atomic mass is 10.3. The number of aromatic nitrogens is 1. The average molecular weight is 343 g/mol. The third kappa shape index (κ3) is 3.82. The summed E-state index contributed by atoms with van der Waals surface area (Å²) in [6, 6.07) is 8.35. The Morgan fingerprint density at radius 2 is 2.28 bits per heavy atom. The van der Waals surface area contributed by atoms with E-state index in [1.54, 1.807) is 11.3 Å². The van der Waals surface area contributed by atoms with Crippen LogP contribution in [0.2, 0.25) is 0 Å². The molecule has 0 aliphatic heterocycles. The molecule has 2 aromatic rings. The summed E-state index contributed by atoms with van der Waals surface area (Å²) in [6.07, 6.45) is 0.936. The van der Waals surface area contributed by atoms with E-state index >= 15 is 0 Å². The first-order chi connectivity index (χ1) is 8.69. The van der Waals surface area contributed by atoms with Crippen molar-refractivity contribution in [2.75, 3.05) is 6.54 Å². The van der Waals surface area contributed by atoms with Crippen LogP contribution in [0.5, 0.6) is 0 Å². The van der Waals surface area contributed by atoms with Gasteiger partial charge in [-0.25, -0.2) is 4.98 Å². The zero-order chi connectivity index (χ0) is 13.0. The van der Waals surface area contributed by atoms with Crippen LogP contribution in [0.25, 0.3) is 0 Å². The van der Waals surface area contributed by atoms with Crippen LogP contribution in [0.4, 0.5) is 0 Å². The molecule has 0 bridgehead atoms. The molecule has 0 amide bonds. The SMILES string of the molecule is Cc1nc(CSc2cccc(Br)c2)sc1CCN. The van der Waals surface area contributed by atoms with Crippen molar-refractivity contribution in [2.24, 2.45) is 5.73 Å². The molecule has 2 N–H and O–H groups in total. The van der Waals surface area contributed by atoms with Crippen LogP contribution >= 0.6 is 39.0 Å². The molecule has 0 fully saturated rings. The second kappa shape index (κ2) is 6.70. The molecule has 0 saturated heterocycles. The summed E-state index contributed by atoms with van der Waals surface area (Å²) in [6.45, 7) is 2.76. The van der Waals surface area contributed by atoms with Gasteiger partial charge in [-0.05, 0) is 38.1 Å². The van der Waals surface area contributed by atoms with Gasteiger partial charge in [-0.3, -0.25) is 0 Å². The van der Waals surface area contributed by atoms with E-state index in [2.05, 4.69) is 46.0 Å². The predicted octanol–water partition coefficient (Wildman–Crippen LogP) is 4.01. The quantitative estimate of drug-likeness (QED) is 0.834. The minimum atomic E-state index is 0.696. The number of thioether (sulfide) groups is 1. The van der Waals surface area contributed by atoms with E-state index < -0.39 is 0 Å². The fourth-order valence-electron chi connectivity index (χ4n) is 1.61. The van der Waals surface area contributed by atoms with Gasteiger partial charge >= 0.3 is 0 Å². The van der Waals surface area contributed by atoms with Crippen LogP contribution in [0.3, 0.4) is 0 Å².